The van der Waals surface area contributed by atoms with Gasteiger partial charge in [-0.1, -0.05) is 140 Å². The lowest BCUT2D eigenvalue weighted by molar-refractivity contribution is 0.642. The van der Waals surface area contributed by atoms with Crippen LogP contribution >= 0.6 is 0 Å². The molecule has 7 aromatic rings. The van der Waals surface area contributed by atoms with Crippen LogP contribution in [0.1, 0.15) is 19.9 Å². The van der Waals surface area contributed by atoms with E-state index in [-0.39, 0.29) is 0 Å². The van der Waals surface area contributed by atoms with Gasteiger partial charge in [-0.3, -0.25) is 0 Å². The molecule has 0 saturated carbocycles. The molecule has 198 valence electrons. The summed E-state index contributed by atoms with van der Waals surface area (Å²) in [6.07, 6.45) is 0. The predicted octanol–water partition coefficient (Wildman–Crippen LogP) is 7.42. The van der Waals surface area contributed by atoms with Gasteiger partial charge in [-0.2, -0.15) is 0 Å². The van der Waals surface area contributed by atoms with Gasteiger partial charge in [0.25, 0.3) is 0 Å². The molecule has 6 aromatic carbocycles. The van der Waals surface area contributed by atoms with Crippen molar-refractivity contribution in [2.75, 3.05) is 0 Å². The summed E-state index contributed by atoms with van der Waals surface area (Å²) in [5.74, 6) is 0. The molecule has 41 heavy (non-hydrogen) atoms. The minimum absolute atomic E-state index is 0.390. The topological polar surface area (TPSA) is 4.93 Å². The van der Waals surface area contributed by atoms with Gasteiger partial charge in [-0.25, -0.2) is 0 Å². The second-order valence-corrected chi connectivity index (χ2v) is 15.0. The van der Waals surface area contributed by atoms with E-state index < -0.39 is 8.07 Å². The molecule has 0 aliphatic heterocycles. The number of para-hydroxylation sites is 1. The standard InChI is InChI=1S/C39H33NSi/c1-29(2)40-38-24-13-12-23-36(38)37-28-31(25-26-39(37)40)30-15-14-22-35(27-30)41(32-16-6-3-7-17-32,33-18-8-4-9-19-33)34-20-10-5-11-21-34/h3-29H,1-2H3. The Labute approximate surface area is 243 Å². The molecular weight excluding hydrogens is 511 g/mol. The van der Waals surface area contributed by atoms with Gasteiger partial charge < -0.3 is 4.57 Å². The van der Waals surface area contributed by atoms with Crippen LogP contribution in [0.3, 0.4) is 0 Å². The number of hydrogen-bond donors (Lipinski definition) is 0. The monoisotopic (exact) mass is 543 g/mol. The lowest BCUT2D eigenvalue weighted by atomic mass is 10.0. The van der Waals surface area contributed by atoms with Crippen LogP contribution in [0.25, 0.3) is 32.9 Å². The highest BCUT2D eigenvalue weighted by molar-refractivity contribution is 7.19. The molecule has 0 bridgehead atoms. The van der Waals surface area contributed by atoms with E-state index in [9.17, 15) is 0 Å². The first-order valence-corrected chi connectivity index (χ1v) is 16.5. The molecule has 1 aromatic heterocycles. The zero-order chi connectivity index (χ0) is 27.8. The third-order valence-electron chi connectivity index (χ3n) is 8.48. The van der Waals surface area contributed by atoms with E-state index in [2.05, 4.69) is 176 Å². The molecule has 0 spiro atoms. The van der Waals surface area contributed by atoms with Gasteiger partial charge in [0.2, 0.25) is 0 Å². The Bertz CT molecular complexity index is 1860. The number of aromatic nitrogens is 1. The number of rotatable bonds is 6. The zero-order valence-corrected chi connectivity index (χ0v) is 24.5. The minimum Gasteiger partial charge on any atom is -0.338 e. The molecule has 0 unspecified atom stereocenters. The molecule has 7 rings (SSSR count). The highest BCUT2D eigenvalue weighted by Crippen LogP contribution is 2.34. The molecule has 0 saturated heterocycles. The van der Waals surface area contributed by atoms with Crippen LogP contribution in [0.4, 0.5) is 0 Å². The average molecular weight is 544 g/mol. The molecule has 2 heteroatoms. The van der Waals surface area contributed by atoms with Crippen LogP contribution in [-0.2, 0) is 0 Å². The third kappa shape index (κ3) is 4.14. The highest BCUT2D eigenvalue weighted by atomic mass is 28.3. The van der Waals surface area contributed by atoms with Crippen LogP contribution in [0.15, 0.2) is 158 Å². The zero-order valence-electron chi connectivity index (χ0n) is 23.5. The fraction of sp³-hybridized carbons (Fsp3) is 0.0769. The summed E-state index contributed by atoms with van der Waals surface area (Å²) in [4.78, 5) is 0. The molecule has 0 radical (unpaired) electrons. The Balaban J connectivity index is 1.49. The molecule has 1 heterocycles. The van der Waals surface area contributed by atoms with Crippen LogP contribution in [0.2, 0.25) is 0 Å². The van der Waals surface area contributed by atoms with Gasteiger partial charge in [0.1, 0.15) is 0 Å². The first kappa shape index (κ1) is 25.3. The lowest BCUT2D eigenvalue weighted by Crippen LogP contribution is -2.74. The minimum atomic E-state index is -2.58. The molecule has 0 fully saturated rings. The highest BCUT2D eigenvalue weighted by Gasteiger charge is 2.41. The van der Waals surface area contributed by atoms with Gasteiger partial charge in [0.05, 0.1) is 0 Å². The number of benzene rings is 6. The van der Waals surface area contributed by atoms with Crippen LogP contribution in [0.5, 0.6) is 0 Å². The summed E-state index contributed by atoms with van der Waals surface area (Å²) in [5, 5.41) is 8.20. The SMILES string of the molecule is CC(C)n1c2ccccc2c2cc(-c3cccc([Si](c4ccccc4)(c4ccccc4)c4ccccc4)c3)ccc21. The Kier molecular flexibility index (Phi) is 6.41. The maximum atomic E-state index is 2.46. The fourth-order valence-corrected chi connectivity index (χ4v) is 11.5. The van der Waals surface area contributed by atoms with Crippen LogP contribution < -0.4 is 20.7 Å². The molecular formula is C39H33NSi. The predicted molar refractivity (Wildman–Crippen MR) is 179 cm³/mol. The quantitative estimate of drug-likeness (QED) is 0.152. The number of fused-ring (bicyclic) bond motifs is 3. The normalized spacial score (nSPS) is 11.9. The summed E-state index contributed by atoms with van der Waals surface area (Å²) in [5.41, 5.74) is 5.10. The summed E-state index contributed by atoms with van der Waals surface area (Å²) in [6.45, 7) is 4.54. The second kappa shape index (κ2) is 10.4. The van der Waals surface area contributed by atoms with Gasteiger partial charge in [-0.15, -0.1) is 0 Å². The van der Waals surface area contributed by atoms with Crippen molar-refractivity contribution in [1.82, 2.24) is 4.57 Å². The molecule has 0 aliphatic rings. The van der Waals surface area contributed by atoms with E-state index in [0.717, 1.165) is 0 Å². The molecule has 0 atom stereocenters. The summed E-state index contributed by atoms with van der Waals surface area (Å²) in [7, 11) is -2.58. The van der Waals surface area contributed by atoms with Crippen LogP contribution in [-0.4, -0.2) is 12.6 Å². The van der Waals surface area contributed by atoms with Gasteiger partial charge in [0, 0.05) is 27.8 Å². The summed E-state index contributed by atoms with van der Waals surface area (Å²) < 4.78 is 2.46. The van der Waals surface area contributed by atoms with E-state index in [0.29, 0.717) is 6.04 Å². The maximum Gasteiger partial charge on any atom is 0.179 e. The van der Waals surface area contributed by atoms with Gasteiger partial charge >= 0.3 is 0 Å². The second-order valence-electron chi connectivity index (χ2n) is 11.1. The van der Waals surface area contributed by atoms with E-state index >= 15 is 0 Å². The van der Waals surface area contributed by atoms with Crippen LogP contribution in [0, 0.1) is 0 Å². The summed E-state index contributed by atoms with van der Waals surface area (Å²) in [6, 6.07) is 59.0. The van der Waals surface area contributed by atoms with Gasteiger partial charge in [-0.05, 0) is 63.9 Å². The Morgan fingerprint density at radius 2 is 0.902 bits per heavy atom. The van der Waals surface area contributed by atoms with E-state index in [1.807, 2.05) is 0 Å². The van der Waals surface area contributed by atoms with Crippen molar-refractivity contribution < 1.29 is 0 Å². The van der Waals surface area contributed by atoms with E-state index in [1.54, 1.807) is 0 Å². The van der Waals surface area contributed by atoms with Crippen molar-refractivity contribution in [2.24, 2.45) is 0 Å². The summed E-state index contributed by atoms with van der Waals surface area (Å²) >= 11 is 0. The Hall–Kier alpha value is -4.66. The van der Waals surface area contributed by atoms with E-state index in [4.69, 9.17) is 0 Å². The van der Waals surface area contributed by atoms with Crippen molar-refractivity contribution in [3.05, 3.63) is 158 Å². The van der Waals surface area contributed by atoms with Gasteiger partial charge in [0.15, 0.2) is 8.07 Å². The smallest absolute Gasteiger partial charge is 0.179 e. The average Bonchev–Trinajstić information content (AvgIpc) is 3.37. The Morgan fingerprint density at radius 1 is 0.415 bits per heavy atom. The number of nitrogens with zero attached hydrogens (tertiary/aromatic N) is 1. The Morgan fingerprint density at radius 3 is 1.49 bits per heavy atom. The van der Waals surface area contributed by atoms with Crippen molar-refractivity contribution in [3.63, 3.8) is 0 Å². The van der Waals surface area contributed by atoms with Crippen molar-refractivity contribution in [2.45, 2.75) is 19.9 Å². The lowest BCUT2D eigenvalue weighted by Gasteiger charge is -2.34. The molecule has 0 amide bonds. The molecule has 0 N–H and O–H groups in total. The fourth-order valence-electron chi connectivity index (χ4n) is 6.74. The first-order chi connectivity index (χ1) is 20.2. The largest absolute Gasteiger partial charge is 0.338 e. The van der Waals surface area contributed by atoms with Crippen molar-refractivity contribution in [3.8, 4) is 11.1 Å². The van der Waals surface area contributed by atoms with Crippen molar-refractivity contribution in [1.29, 1.82) is 0 Å². The molecule has 0 aliphatic carbocycles. The van der Waals surface area contributed by atoms with E-state index in [1.165, 1.54) is 53.7 Å². The van der Waals surface area contributed by atoms with Crippen molar-refractivity contribution >= 4 is 50.6 Å². The number of hydrogen-bond acceptors (Lipinski definition) is 0. The first-order valence-electron chi connectivity index (χ1n) is 14.5. The molecule has 1 nitrogen and oxygen atoms in total. The maximum absolute atomic E-state index is 2.58. The third-order valence-corrected chi connectivity index (χ3v) is 13.3.